The van der Waals surface area contributed by atoms with Crippen molar-refractivity contribution >= 4 is 19.2 Å². The first-order chi connectivity index (χ1) is 10.7. The normalized spacial score (nSPS) is 19.7. The number of aromatic hydroxyl groups is 1. The van der Waals surface area contributed by atoms with Gasteiger partial charge in [0.25, 0.3) is 0 Å². The topological polar surface area (TPSA) is 127 Å². The Bertz CT molecular complexity index is 729. The van der Waals surface area contributed by atoms with E-state index in [2.05, 4.69) is 4.76 Å². The first-order valence-corrected chi connectivity index (χ1v) is 8.36. The number of hydrogen-bond acceptors (Lipinski definition) is 4. The van der Waals surface area contributed by atoms with E-state index in [9.17, 15) is 19.6 Å². The van der Waals surface area contributed by atoms with Crippen LogP contribution in [0, 0.1) is 5.92 Å². The van der Waals surface area contributed by atoms with Gasteiger partial charge in [0.1, 0.15) is 17.3 Å². The fraction of sp³-hybridized carbons (Fsp3) is 0.200. The number of aliphatic hydroxyl groups is 1. The van der Waals surface area contributed by atoms with E-state index < -0.39 is 13.7 Å². The number of phenolic OH excluding ortho intramolecular Hbond substituents is 1. The van der Waals surface area contributed by atoms with Gasteiger partial charge in [-0.3, -0.25) is 4.79 Å². The average molecular weight is 337 g/mol. The third-order valence-corrected chi connectivity index (χ3v) is 3.76. The molecule has 0 aromatic heterocycles. The summed E-state index contributed by atoms with van der Waals surface area (Å²) >= 11 is 0. The lowest BCUT2D eigenvalue weighted by Crippen LogP contribution is -2.24. The third kappa shape index (κ3) is 5.17. The molecule has 1 aliphatic rings. The second-order valence-corrected chi connectivity index (χ2v) is 6.30. The smallest absolute Gasteiger partial charge is 0.448 e. The number of phenols is 1. The number of aryl methyl sites for hydroxylation is 1. The minimum Gasteiger partial charge on any atom is -0.508 e. The van der Waals surface area contributed by atoms with Gasteiger partial charge in [0.05, 0.1) is 11.6 Å². The van der Waals surface area contributed by atoms with Gasteiger partial charge < -0.3 is 20.0 Å². The minimum atomic E-state index is -4.67. The van der Waals surface area contributed by atoms with Gasteiger partial charge in [-0.1, -0.05) is 12.1 Å². The van der Waals surface area contributed by atoms with Gasteiger partial charge >= 0.3 is 7.75 Å². The van der Waals surface area contributed by atoms with Crippen LogP contribution in [-0.2, 0) is 15.8 Å². The zero-order chi connectivity index (χ0) is 17.0. The highest BCUT2D eigenvalue weighted by Crippen LogP contribution is 2.38. The molecule has 0 amide bonds. The predicted octanol–water partition coefficient (Wildman–Crippen LogP) is 2.06. The fourth-order valence-electron chi connectivity index (χ4n) is 2.18. The van der Waals surface area contributed by atoms with Gasteiger partial charge in [0, 0.05) is 6.42 Å². The van der Waals surface area contributed by atoms with E-state index in [-0.39, 0.29) is 29.4 Å². The fourth-order valence-corrected chi connectivity index (χ4v) is 2.67. The highest BCUT2D eigenvalue weighted by Gasteiger charge is 2.26. The molecule has 8 heteroatoms. The maximum Gasteiger partial charge on any atom is 0.448 e. The lowest BCUT2D eigenvalue weighted by atomic mass is 9.90. The number of Topliss-reactive ketones (excluding diaryl/α,β-unsaturated/α-hetero) is 1. The van der Waals surface area contributed by atoms with Gasteiger partial charge in [-0.05, 0) is 42.3 Å². The summed E-state index contributed by atoms with van der Waals surface area (Å²) in [4.78, 5) is 30.2. The molecular weight excluding hydrogens is 321 g/mol. The lowest BCUT2D eigenvalue weighted by molar-refractivity contribution is -0.119. The molecule has 0 saturated carbocycles. The average Bonchev–Trinajstić information content (AvgIpc) is 2.47. The quantitative estimate of drug-likeness (QED) is 0.609. The van der Waals surface area contributed by atoms with Crippen LogP contribution in [0.2, 0.25) is 0 Å². The largest absolute Gasteiger partial charge is 0.508 e. The van der Waals surface area contributed by atoms with E-state index in [0.29, 0.717) is 6.42 Å². The molecule has 0 saturated heterocycles. The Kier molecular flexibility index (Phi) is 5.15. The van der Waals surface area contributed by atoms with Crippen molar-refractivity contribution in [1.29, 1.82) is 0 Å². The number of hydrogen-bond donors (Lipinski definition) is 4. The van der Waals surface area contributed by atoms with Gasteiger partial charge in [-0.2, -0.15) is 4.76 Å². The molecule has 0 fully saturated rings. The number of nitrogens with zero attached hydrogens (tertiary/aromatic N) is 1. The Morgan fingerprint density at radius 3 is 2.39 bits per heavy atom. The summed E-state index contributed by atoms with van der Waals surface area (Å²) in [6.45, 7) is 0. The summed E-state index contributed by atoms with van der Waals surface area (Å²) in [5.74, 6) is -1.34. The first-order valence-electron chi connectivity index (χ1n) is 6.80. The Morgan fingerprint density at radius 1 is 1.13 bits per heavy atom. The molecule has 0 bridgehead atoms. The summed E-state index contributed by atoms with van der Waals surface area (Å²) in [5, 5.41) is 18.7. The zero-order valence-electron chi connectivity index (χ0n) is 12.0. The molecule has 4 N–H and O–H groups in total. The Labute approximate surface area is 132 Å². The van der Waals surface area contributed by atoms with Gasteiger partial charge in [0.2, 0.25) is 0 Å². The first kappa shape index (κ1) is 17.1. The monoisotopic (exact) mass is 337 g/mol. The Morgan fingerprint density at radius 2 is 1.78 bits per heavy atom. The summed E-state index contributed by atoms with van der Waals surface area (Å²) in [6.07, 6.45) is 4.16. The van der Waals surface area contributed by atoms with Crippen LogP contribution < -0.4 is 0 Å². The van der Waals surface area contributed by atoms with E-state index in [0.717, 1.165) is 5.56 Å². The molecule has 0 aliphatic heterocycles. The molecule has 0 heterocycles. The minimum absolute atomic E-state index is 0.0770. The zero-order valence-corrected chi connectivity index (χ0v) is 12.9. The maximum atomic E-state index is 12.3. The van der Waals surface area contributed by atoms with Gasteiger partial charge in [0.15, 0.2) is 0 Å². The highest BCUT2D eigenvalue weighted by molar-refractivity contribution is 7.50. The highest BCUT2D eigenvalue weighted by atomic mass is 31.2. The van der Waals surface area contributed by atoms with Crippen LogP contribution in [0.15, 0.2) is 53.0 Å². The number of rotatable bonds is 5. The van der Waals surface area contributed by atoms with Crippen LogP contribution in [0.5, 0.6) is 5.75 Å². The number of allylic oxidation sites excluding steroid dienone is 3. The van der Waals surface area contributed by atoms with E-state index in [1.165, 1.54) is 30.4 Å². The van der Waals surface area contributed by atoms with Crippen LogP contribution in [0.1, 0.15) is 12.0 Å². The second kappa shape index (κ2) is 6.91. The lowest BCUT2D eigenvalue weighted by Gasteiger charge is -2.16. The van der Waals surface area contributed by atoms with Crippen LogP contribution in [0.25, 0.3) is 0 Å². The number of aliphatic hydroxyl groups excluding tert-OH is 1. The summed E-state index contributed by atoms with van der Waals surface area (Å²) in [7, 11) is -4.67. The molecule has 1 atom stereocenters. The predicted molar refractivity (Wildman–Crippen MR) is 84.3 cm³/mol. The molecule has 2 rings (SSSR count). The van der Waals surface area contributed by atoms with Crippen molar-refractivity contribution < 1.29 is 29.4 Å². The number of carbonyl (C=O) groups is 1. The second-order valence-electron chi connectivity index (χ2n) is 5.07. The molecule has 0 radical (unpaired) electrons. The van der Waals surface area contributed by atoms with Crippen molar-refractivity contribution in [2.24, 2.45) is 10.7 Å². The third-order valence-electron chi connectivity index (χ3n) is 3.27. The van der Waals surface area contributed by atoms with Crippen LogP contribution in [0.4, 0.5) is 0 Å². The van der Waals surface area contributed by atoms with E-state index in [4.69, 9.17) is 9.79 Å². The molecular formula is C15H16NO6P. The van der Waals surface area contributed by atoms with Crippen molar-refractivity contribution in [2.75, 3.05) is 0 Å². The van der Waals surface area contributed by atoms with E-state index >= 15 is 0 Å². The number of carbonyl (C=O) groups excluding carboxylic acids is 1. The maximum absolute atomic E-state index is 12.3. The number of ketones is 1. The van der Waals surface area contributed by atoms with Crippen molar-refractivity contribution in [3.8, 4) is 5.75 Å². The van der Waals surface area contributed by atoms with Crippen LogP contribution in [0.3, 0.4) is 0 Å². The molecule has 23 heavy (non-hydrogen) atoms. The van der Waals surface area contributed by atoms with E-state index in [1.54, 1.807) is 12.1 Å². The standard InChI is InChI=1S/C15H16NO6P/c17-11-4-1-10(2-5-11)3-8-15(19)13-9-12(18)6-7-14(13)16-23(20,21)22/h1-2,4-7,9,13,17-18H,3,8H2,(H2,20,21,22). The Hall–Kier alpha value is -2.21. The molecule has 122 valence electrons. The van der Waals surface area contributed by atoms with Gasteiger partial charge in [-0.15, -0.1) is 0 Å². The van der Waals surface area contributed by atoms with E-state index in [1.807, 2.05) is 0 Å². The summed E-state index contributed by atoms with van der Waals surface area (Å²) < 4.78 is 14.3. The Balaban J connectivity index is 2.12. The molecule has 0 spiro atoms. The molecule has 1 aromatic rings. The summed E-state index contributed by atoms with van der Waals surface area (Å²) in [6, 6.07) is 6.38. The molecule has 1 aromatic carbocycles. The molecule has 1 unspecified atom stereocenters. The van der Waals surface area contributed by atoms with Crippen molar-refractivity contribution in [3.63, 3.8) is 0 Å². The SMILES string of the molecule is O=C(CCc1ccc(O)cc1)C1C=C(O)C=CC1=NP(=O)(O)O. The van der Waals surface area contributed by atoms with Gasteiger partial charge in [-0.25, -0.2) is 4.57 Å². The number of benzene rings is 1. The van der Waals surface area contributed by atoms with Crippen molar-refractivity contribution in [3.05, 3.63) is 53.8 Å². The van der Waals surface area contributed by atoms with Crippen LogP contribution in [-0.4, -0.2) is 31.5 Å². The van der Waals surface area contributed by atoms with Crippen molar-refractivity contribution in [1.82, 2.24) is 0 Å². The van der Waals surface area contributed by atoms with Crippen molar-refractivity contribution in [2.45, 2.75) is 12.8 Å². The molecule has 1 aliphatic carbocycles. The van der Waals surface area contributed by atoms with Crippen LogP contribution >= 0.6 is 7.75 Å². The summed E-state index contributed by atoms with van der Waals surface area (Å²) in [5.41, 5.74) is 0.760. The molecule has 7 nitrogen and oxygen atoms in total.